The molecule has 1 N–H and O–H groups in total. The van der Waals surface area contributed by atoms with E-state index in [1.54, 1.807) is 0 Å². The third kappa shape index (κ3) is 6.18. The normalized spacial score (nSPS) is 10.5. The van der Waals surface area contributed by atoms with Crippen LogP contribution >= 0.6 is 23.2 Å². The van der Waals surface area contributed by atoms with Crippen molar-refractivity contribution in [2.75, 3.05) is 19.8 Å². The number of aromatic nitrogens is 2. The van der Waals surface area contributed by atoms with Crippen LogP contribution in [0.1, 0.15) is 36.5 Å². The molecular formula is C12H17Cl2N3O2. The molecular weight excluding hydrogens is 289 g/mol. The number of nitrogens with zero attached hydrogens (tertiary/aromatic N) is 2. The van der Waals surface area contributed by atoms with Gasteiger partial charge in [-0.1, -0.05) is 36.5 Å². The summed E-state index contributed by atoms with van der Waals surface area (Å²) in [6, 6.07) is 1.39. The number of carbonyl (C=O) groups is 1. The summed E-state index contributed by atoms with van der Waals surface area (Å²) in [5, 5.41) is 10.0. The highest BCUT2D eigenvalue weighted by Crippen LogP contribution is 2.14. The van der Waals surface area contributed by atoms with Gasteiger partial charge in [0.05, 0.1) is 5.56 Å². The molecule has 106 valence electrons. The summed E-state index contributed by atoms with van der Waals surface area (Å²) in [5.41, 5.74) is 0.230. The van der Waals surface area contributed by atoms with Crippen LogP contribution in [0.4, 0.5) is 0 Å². The maximum atomic E-state index is 11.8. The Hall–Kier alpha value is -0.910. The molecule has 7 heteroatoms. The highest BCUT2D eigenvalue weighted by Gasteiger charge is 2.12. The van der Waals surface area contributed by atoms with Crippen LogP contribution in [0, 0.1) is 0 Å². The summed E-state index contributed by atoms with van der Waals surface area (Å²) in [4.78, 5) is 11.8. The number of hydrogen-bond donors (Lipinski definition) is 1. The van der Waals surface area contributed by atoms with Crippen LogP contribution in [0.3, 0.4) is 0 Å². The molecule has 0 saturated carbocycles. The predicted molar refractivity (Wildman–Crippen MR) is 74.7 cm³/mol. The maximum absolute atomic E-state index is 11.8. The van der Waals surface area contributed by atoms with E-state index in [0.717, 1.165) is 25.9 Å². The zero-order chi connectivity index (χ0) is 14.1. The molecule has 5 nitrogen and oxygen atoms in total. The van der Waals surface area contributed by atoms with Gasteiger partial charge < -0.3 is 10.1 Å². The number of halogens is 2. The standard InChI is InChI=1S/C12H17Cl2N3O2/c1-2-3-6-19-7-4-5-15-12(18)9-8-10(13)16-17-11(9)14/h8H,2-7H2,1H3,(H,15,18). The minimum absolute atomic E-state index is 0.0427. The number of amides is 1. The fourth-order valence-electron chi connectivity index (χ4n) is 1.33. The fourth-order valence-corrected chi connectivity index (χ4v) is 1.66. The van der Waals surface area contributed by atoms with Gasteiger partial charge in [-0.2, -0.15) is 0 Å². The van der Waals surface area contributed by atoms with Gasteiger partial charge in [0.15, 0.2) is 10.3 Å². The van der Waals surface area contributed by atoms with Crippen molar-refractivity contribution in [3.63, 3.8) is 0 Å². The Balaban J connectivity index is 2.26. The third-order valence-corrected chi connectivity index (χ3v) is 2.82. The van der Waals surface area contributed by atoms with Gasteiger partial charge in [-0.05, 0) is 18.9 Å². The lowest BCUT2D eigenvalue weighted by Crippen LogP contribution is -2.26. The van der Waals surface area contributed by atoms with Crippen molar-refractivity contribution in [3.05, 3.63) is 21.9 Å². The summed E-state index contributed by atoms with van der Waals surface area (Å²) in [5.74, 6) is -0.310. The van der Waals surface area contributed by atoms with Crippen LogP contribution in [0.2, 0.25) is 10.3 Å². The molecule has 0 fully saturated rings. The van der Waals surface area contributed by atoms with Crippen molar-refractivity contribution >= 4 is 29.1 Å². The number of nitrogens with one attached hydrogen (secondary N) is 1. The Bertz CT molecular complexity index is 416. The number of unbranched alkanes of at least 4 members (excludes halogenated alkanes) is 1. The van der Waals surface area contributed by atoms with Crippen molar-refractivity contribution < 1.29 is 9.53 Å². The van der Waals surface area contributed by atoms with Crippen molar-refractivity contribution in [3.8, 4) is 0 Å². The Morgan fingerprint density at radius 2 is 2.05 bits per heavy atom. The molecule has 1 rings (SSSR count). The fraction of sp³-hybridized carbons (Fsp3) is 0.583. The molecule has 0 atom stereocenters. The zero-order valence-electron chi connectivity index (χ0n) is 10.8. The second-order valence-electron chi connectivity index (χ2n) is 3.95. The van der Waals surface area contributed by atoms with Crippen LogP contribution in [-0.2, 0) is 4.74 Å². The van der Waals surface area contributed by atoms with Crippen LogP contribution in [0.5, 0.6) is 0 Å². The third-order valence-electron chi connectivity index (χ3n) is 2.36. The molecule has 0 aliphatic carbocycles. The van der Waals surface area contributed by atoms with Crippen molar-refractivity contribution in [1.82, 2.24) is 15.5 Å². The first-order chi connectivity index (χ1) is 9.15. The quantitative estimate of drug-likeness (QED) is 0.750. The summed E-state index contributed by atoms with van der Waals surface area (Å²) < 4.78 is 5.38. The number of carbonyl (C=O) groups excluding carboxylic acids is 1. The lowest BCUT2D eigenvalue weighted by atomic mass is 10.3. The SMILES string of the molecule is CCCCOCCCNC(=O)c1cc(Cl)nnc1Cl. The Labute approximate surface area is 122 Å². The molecule has 0 aliphatic heterocycles. The first kappa shape index (κ1) is 16.1. The number of hydrogen-bond acceptors (Lipinski definition) is 4. The van der Waals surface area contributed by atoms with E-state index < -0.39 is 0 Å². The van der Waals surface area contributed by atoms with E-state index >= 15 is 0 Å². The van der Waals surface area contributed by atoms with Crippen molar-refractivity contribution in [2.45, 2.75) is 26.2 Å². The highest BCUT2D eigenvalue weighted by atomic mass is 35.5. The minimum Gasteiger partial charge on any atom is -0.381 e. The molecule has 0 radical (unpaired) electrons. The van der Waals surface area contributed by atoms with Crippen LogP contribution in [0.15, 0.2) is 6.07 Å². The molecule has 0 unspecified atom stereocenters. The van der Waals surface area contributed by atoms with E-state index in [1.807, 2.05) is 0 Å². The minimum atomic E-state index is -0.310. The van der Waals surface area contributed by atoms with E-state index in [-0.39, 0.29) is 21.8 Å². The topological polar surface area (TPSA) is 64.1 Å². The number of ether oxygens (including phenoxy) is 1. The highest BCUT2D eigenvalue weighted by molar-refractivity contribution is 6.34. The molecule has 0 saturated heterocycles. The Kier molecular flexibility index (Phi) is 7.70. The molecule has 0 aromatic carbocycles. The average molecular weight is 306 g/mol. The van der Waals surface area contributed by atoms with E-state index in [2.05, 4.69) is 22.4 Å². The van der Waals surface area contributed by atoms with Crippen LogP contribution in [0.25, 0.3) is 0 Å². The molecule has 1 aromatic heterocycles. The average Bonchev–Trinajstić information content (AvgIpc) is 2.40. The summed E-state index contributed by atoms with van der Waals surface area (Å²) in [6.45, 7) is 4.02. The van der Waals surface area contributed by atoms with E-state index in [0.29, 0.717) is 13.2 Å². The van der Waals surface area contributed by atoms with Crippen molar-refractivity contribution in [2.24, 2.45) is 0 Å². The zero-order valence-corrected chi connectivity index (χ0v) is 12.3. The molecule has 0 spiro atoms. The summed E-state index contributed by atoms with van der Waals surface area (Å²) >= 11 is 11.4. The number of rotatable bonds is 8. The van der Waals surface area contributed by atoms with Crippen molar-refractivity contribution in [1.29, 1.82) is 0 Å². The van der Waals surface area contributed by atoms with E-state index in [1.165, 1.54) is 6.07 Å². The van der Waals surface area contributed by atoms with Gasteiger partial charge in [0, 0.05) is 19.8 Å². The second-order valence-corrected chi connectivity index (χ2v) is 4.69. The predicted octanol–water partition coefficient (Wildman–Crippen LogP) is 2.72. The Morgan fingerprint density at radius 3 is 2.79 bits per heavy atom. The molecule has 1 aromatic rings. The monoisotopic (exact) mass is 305 g/mol. The van der Waals surface area contributed by atoms with Gasteiger partial charge in [0.1, 0.15) is 0 Å². The van der Waals surface area contributed by atoms with Gasteiger partial charge in [-0.15, -0.1) is 10.2 Å². The van der Waals surface area contributed by atoms with Crippen LogP contribution in [-0.4, -0.2) is 35.9 Å². The molecule has 19 heavy (non-hydrogen) atoms. The van der Waals surface area contributed by atoms with Gasteiger partial charge in [-0.25, -0.2) is 0 Å². The molecule has 1 heterocycles. The maximum Gasteiger partial charge on any atom is 0.254 e. The second kappa shape index (κ2) is 9.07. The Morgan fingerprint density at radius 1 is 1.32 bits per heavy atom. The molecule has 0 aliphatic rings. The van der Waals surface area contributed by atoms with E-state index in [4.69, 9.17) is 27.9 Å². The lowest BCUT2D eigenvalue weighted by molar-refractivity contribution is 0.0940. The molecule has 1 amide bonds. The first-order valence-electron chi connectivity index (χ1n) is 6.19. The lowest BCUT2D eigenvalue weighted by Gasteiger charge is -2.06. The van der Waals surface area contributed by atoms with Gasteiger partial charge >= 0.3 is 0 Å². The summed E-state index contributed by atoms with van der Waals surface area (Å²) in [6.07, 6.45) is 2.92. The van der Waals surface area contributed by atoms with Gasteiger partial charge in [-0.3, -0.25) is 4.79 Å². The van der Waals surface area contributed by atoms with Crippen LogP contribution < -0.4 is 5.32 Å². The van der Waals surface area contributed by atoms with Gasteiger partial charge in [0.2, 0.25) is 0 Å². The molecule has 0 bridgehead atoms. The largest absolute Gasteiger partial charge is 0.381 e. The smallest absolute Gasteiger partial charge is 0.254 e. The van der Waals surface area contributed by atoms with Gasteiger partial charge in [0.25, 0.3) is 5.91 Å². The first-order valence-corrected chi connectivity index (χ1v) is 6.95. The van der Waals surface area contributed by atoms with E-state index in [9.17, 15) is 4.79 Å². The summed E-state index contributed by atoms with van der Waals surface area (Å²) in [7, 11) is 0.